The maximum Gasteiger partial charge on any atom is 0.845 e. The van der Waals surface area contributed by atoms with Crippen LogP contribution in [0.4, 0.5) is 5.69 Å². The predicted molar refractivity (Wildman–Crippen MR) is 144 cm³/mol. The second-order valence-electron chi connectivity index (χ2n) is 7.85. The van der Waals surface area contributed by atoms with Gasteiger partial charge in [0.2, 0.25) is 0 Å². The van der Waals surface area contributed by atoms with Crippen molar-refractivity contribution in [2.24, 2.45) is 0 Å². The van der Waals surface area contributed by atoms with Gasteiger partial charge in [0.05, 0.1) is 22.5 Å². The van der Waals surface area contributed by atoms with Crippen LogP contribution in [-0.2, 0) is 3.79 Å². The Labute approximate surface area is 210 Å². The van der Waals surface area contributed by atoms with Crippen LogP contribution in [0.1, 0.15) is 18.2 Å². The maximum absolute atomic E-state index is 6.28. The summed E-state index contributed by atoms with van der Waals surface area (Å²) in [5.74, 6) is 1.14. The Hall–Kier alpha value is -3.98. The number of rotatable bonds is 8. The summed E-state index contributed by atoms with van der Waals surface area (Å²) in [7, 11) is 0. The highest BCUT2D eigenvalue weighted by Gasteiger charge is 2.20. The lowest BCUT2D eigenvalue weighted by Crippen LogP contribution is -2.35. The molecule has 4 rings (SSSR count). The standard InChI is InChI=1S/C12H10O.C9H11NO.C8H9NO.Al/c13-12-8-6-11(7-9-12)10-4-2-1-3-5-10;1-3-8-5-4-7(2)10-9(8)6-11;1-2-6-4-3-5-7(10)8(6)9;/h1-9,13H;3-6,11H,1-2H3;2-5,10H,1,9H2;/q;;;+2/p-3/b;8-3-,9-6-;;. The maximum atomic E-state index is 6.28. The number of nitrogen functional groups attached to an aromatic ring is 1. The number of hydrogen-bond donors (Lipinski definition) is 1. The van der Waals surface area contributed by atoms with Gasteiger partial charge in [0.25, 0.3) is 0 Å². The first-order valence-electron chi connectivity index (χ1n) is 11.3. The molecule has 5 nitrogen and oxygen atoms in total. The zero-order valence-corrected chi connectivity index (χ0v) is 21.0. The predicted octanol–water partition coefficient (Wildman–Crippen LogP) is 4.98. The lowest BCUT2D eigenvalue weighted by Gasteiger charge is -2.30. The quantitative estimate of drug-likeness (QED) is 0.286. The largest absolute Gasteiger partial charge is 0.845 e. The molecule has 0 bridgehead atoms. The molecule has 0 fully saturated rings. The van der Waals surface area contributed by atoms with E-state index in [9.17, 15) is 0 Å². The number of para-hydroxylation sites is 1. The molecule has 0 aliphatic carbocycles. The van der Waals surface area contributed by atoms with Crippen LogP contribution in [-0.4, -0.2) is 20.1 Å². The number of nitrogens with two attached hydrogens (primary N) is 1. The van der Waals surface area contributed by atoms with Crippen LogP contribution in [0, 0.1) is 6.92 Å². The Bertz CT molecular complexity index is 1420. The first-order chi connectivity index (χ1) is 17.1. The van der Waals surface area contributed by atoms with E-state index in [1.807, 2.05) is 86.7 Å². The molecule has 6 heteroatoms. The van der Waals surface area contributed by atoms with Gasteiger partial charge in [-0.3, -0.25) is 4.98 Å². The third-order valence-electron chi connectivity index (χ3n) is 5.44. The topological polar surface area (TPSA) is 66.6 Å². The number of benzene rings is 3. The number of aromatic nitrogens is 1. The van der Waals surface area contributed by atoms with Crippen molar-refractivity contribution < 1.29 is 11.4 Å². The summed E-state index contributed by atoms with van der Waals surface area (Å²) in [4.78, 5) is 4.58. The van der Waals surface area contributed by atoms with Crippen molar-refractivity contribution in [2.75, 3.05) is 5.73 Å². The van der Waals surface area contributed by atoms with Gasteiger partial charge in [-0.2, -0.15) is 0 Å². The first kappa shape index (κ1) is 24.2. The molecule has 0 amide bonds. The van der Waals surface area contributed by atoms with Gasteiger partial charge in [-0.15, -0.1) is 0 Å². The Morgan fingerprint density at radius 2 is 1.60 bits per heavy atom. The number of anilines is 1. The molecule has 35 heavy (non-hydrogen) atoms. The zero-order chi connectivity index (χ0) is 24.6. The van der Waals surface area contributed by atoms with Crippen LogP contribution in [0.25, 0.3) is 29.5 Å². The van der Waals surface area contributed by atoms with Crippen LogP contribution in [0.5, 0.6) is 11.5 Å². The van der Waals surface area contributed by atoms with Gasteiger partial charge in [-0.25, -0.2) is 0 Å². The molecule has 4 aromatic rings. The fraction of sp³-hybridized carbons (Fsp3) is 0.0690. The van der Waals surface area contributed by atoms with E-state index in [1.54, 1.807) is 18.4 Å². The van der Waals surface area contributed by atoms with Gasteiger partial charge in [0.15, 0.2) is 0 Å². The van der Waals surface area contributed by atoms with Gasteiger partial charge < -0.3 is 17.1 Å². The third-order valence-corrected chi connectivity index (χ3v) is 6.70. The molecular formula is C29H27AlN2O3-. The summed E-state index contributed by atoms with van der Waals surface area (Å²) in [6.07, 6.45) is 5.27. The smallest absolute Gasteiger partial charge is 0.757 e. The molecule has 0 unspecified atom stereocenters. The molecule has 0 spiro atoms. The summed E-state index contributed by atoms with van der Waals surface area (Å²) >= 11 is -2.78. The average Bonchev–Trinajstić information content (AvgIpc) is 2.89. The normalized spacial score (nSPS) is 12.0. The highest BCUT2D eigenvalue weighted by Crippen LogP contribution is 2.28. The fourth-order valence-corrected chi connectivity index (χ4v) is 4.73. The summed E-state index contributed by atoms with van der Waals surface area (Å²) in [6, 6.07) is 27.5. The van der Waals surface area contributed by atoms with E-state index in [4.69, 9.17) is 17.1 Å². The van der Waals surface area contributed by atoms with Crippen molar-refractivity contribution in [3.8, 4) is 22.6 Å². The molecule has 1 heterocycles. The van der Waals surface area contributed by atoms with Crippen molar-refractivity contribution >= 4 is 39.3 Å². The Morgan fingerprint density at radius 1 is 0.857 bits per heavy atom. The third kappa shape index (κ3) is 6.13. The molecule has 0 saturated heterocycles. The van der Waals surface area contributed by atoms with E-state index in [0.717, 1.165) is 27.6 Å². The SMILES string of the molecule is C=Cc1cccc([O][Al-]([O]/C=c2\nc(C)cc\c2=C\C)[O]c2ccc(-c3ccccc3)cc2)c1N. The monoisotopic (exact) mass is 478 g/mol. The minimum absolute atomic E-state index is 0.489. The van der Waals surface area contributed by atoms with E-state index in [1.165, 1.54) is 0 Å². The van der Waals surface area contributed by atoms with E-state index in [2.05, 4.69) is 23.7 Å². The Balaban J connectivity index is 1.63. The highest BCUT2D eigenvalue weighted by molar-refractivity contribution is 6.39. The van der Waals surface area contributed by atoms with Crippen LogP contribution in [0.15, 0.2) is 91.5 Å². The number of pyridine rings is 1. The molecule has 0 saturated carbocycles. The molecule has 0 aliphatic heterocycles. The minimum atomic E-state index is -2.78. The van der Waals surface area contributed by atoms with E-state index >= 15 is 0 Å². The van der Waals surface area contributed by atoms with Crippen LogP contribution >= 0.6 is 0 Å². The van der Waals surface area contributed by atoms with Gasteiger partial charge in [0.1, 0.15) is 0 Å². The Morgan fingerprint density at radius 3 is 2.31 bits per heavy atom. The van der Waals surface area contributed by atoms with Crippen molar-refractivity contribution in [1.82, 2.24) is 4.98 Å². The number of nitrogens with zero attached hydrogens (tertiary/aromatic N) is 1. The second kappa shape index (κ2) is 11.4. The molecule has 3 aromatic carbocycles. The van der Waals surface area contributed by atoms with Crippen molar-refractivity contribution in [3.05, 3.63) is 113 Å². The number of hydrogen-bond acceptors (Lipinski definition) is 5. The second-order valence-corrected chi connectivity index (χ2v) is 9.17. The first-order valence-corrected chi connectivity index (χ1v) is 12.7. The molecule has 2 N–H and O–H groups in total. The molecule has 0 aliphatic rings. The van der Waals surface area contributed by atoms with Crippen molar-refractivity contribution in [2.45, 2.75) is 13.8 Å². The highest BCUT2D eigenvalue weighted by atomic mass is 27.3. The summed E-state index contributed by atoms with van der Waals surface area (Å²) in [5, 5.41) is 1.67. The van der Waals surface area contributed by atoms with Crippen molar-refractivity contribution in [3.63, 3.8) is 0 Å². The van der Waals surface area contributed by atoms with Gasteiger partial charge >= 0.3 is 15.1 Å². The lowest BCUT2D eigenvalue weighted by atomic mass is 10.1. The molecule has 0 atom stereocenters. The molecule has 175 valence electrons. The van der Waals surface area contributed by atoms with Gasteiger partial charge in [0, 0.05) is 17.5 Å². The summed E-state index contributed by atoms with van der Waals surface area (Å²) in [5.41, 5.74) is 10.7. The molecule has 1 aromatic heterocycles. The molecule has 1 radical (unpaired) electrons. The van der Waals surface area contributed by atoms with Crippen LogP contribution in [0.3, 0.4) is 0 Å². The van der Waals surface area contributed by atoms with E-state index in [0.29, 0.717) is 22.5 Å². The number of aryl methyl sites for hydroxylation is 1. The molecular weight excluding hydrogens is 451 g/mol. The average molecular weight is 479 g/mol. The van der Waals surface area contributed by atoms with Crippen LogP contribution in [0.2, 0.25) is 0 Å². The van der Waals surface area contributed by atoms with E-state index < -0.39 is 15.1 Å². The Kier molecular flexibility index (Phi) is 7.89. The van der Waals surface area contributed by atoms with Crippen LogP contribution < -0.4 is 23.9 Å². The zero-order valence-electron chi connectivity index (χ0n) is 19.8. The van der Waals surface area contributed by atoms with Gasteiger partial charge in [-0.05, 0) is 54.5 Å². The van der Waals surface area contributed by atoms with Gasteiger partial charge in [-0.1, -0.05) is 79.4 Å². The lowest BCUT2D eigenvalue weighted by molar-refractivity contribution is 0.297. The van der Waals surface area contributed by atoms with E-state index in [-0.39, 0.29) is 0 Å². The summed E-state index contributed by atoms with van der Waals surface area (Å²) < 4.78 is 18.5. The van der Waals surface area contributed by atoms with Crippen molar-refractivity contribution in [1.29, 1.82) is 0 Å². The fourth-order valence-electron chi connectivity index (χ4n) is 3.54. The summed E-state index contributed by atoms with van der Waals surface area (Å²) in [6.45, 7) is 7.71. The minimum Gasteiger partial charge on any atom is -0.757 e.